The quantitative estimate of drug-likeness (QED) is 0.547. The minimum Gasteiger partial charge on any atom is -0.490 e. The second-order valence-corrected chi connectivity index (χ2v) is 3.19. The summed E-state index contributed by atoms with van der Waals surface area (Å²) in [7, 11) is 0. The highest BCUT2D eigenvalue weighted by Crippen LogP contribution is 2.08. The molecule has 0 aromatic carbocycles. The van der Waals surface area contributed by atoms with Crippen molar-refractivity contribution in [3.8, 4) is 0 Å². The molecule has 0 fully saturated rings. The van der Waals surface area contributed by atoms with E-state index < -0.39 is 0 Å². The molecule has 0 bridgehead atoms. The van der Waals surface area contributed by atoms with Gasteiger partial charge in [-0.25, -0.2) is 0 Å². The molecule has 0 radical (unpaired) electrons. The van der Waals surface area contributed by atoms with Gasteiger partial charge in [0.2, 0.25) is 0 Å². The van der Waals surface area contributed by atoms with Gasteiger partial charge in [-0.15, -0.1) is 0 Å². The van der Waals surface area contributed by atoms with Gasteiger partial charge in [0.25, 0.3) is 0 Å². The minimum absolute atomic E-state index is 0.0553. The summed E-state index contributed by atoms with van der Waals surface area (Å²) >= 11 is 0. The molecular weight excluding hydrogens is 190 g/mol. The average Bonchev–Trinajstić information content (AvgIpc) is 2.25. The standard InChI is InChI=1S/C12H15NO2/c1-3-8-15-12(10(2)14)9-11-4-6-13-7-5-11/h4-7,9H,3,8H2,1-2H3. The number of Topliss-reactive ketones (excluding diaryl/α,β-unsaturated/α-hetero) is 1. The van der Waals surface area contributed by atoms with Crippen molar-refractivity contribution in [2.24, 2.45) is 0 Å². The first kappa shape index (κ1) is 11.4. The van der Waals surface area contributed by atoms with Gasteiger partial charge < -0.3 is 4.74 Å². The van der Waals surface area contributed by atoms with E-state index in [4.69, 9.17) is 4.74 Å². The number of carbonyl (C=O) groups excluding carboxylic acids is 1. The Morgan fingerprint density at radius 1 is 1.47 bits per heavy atom. The normalized spacial score (nSPS) is 11.2. The van der Waals surface area contributed by atoms with E-state index in [1.54, 1.807) is 18.5 Å². The lowest BCUT2D eigenvalue weighted by molar-refractivity contribution is -0.116. The van der Waals surface area contributed by atoms with E-state index in [1.807, 2.05) is 19.1 Å². The number of hydrogen-bond donors (Lipinski definition) is 0. The van der Waals surface area contributed by atoms with E-state index in [1.165, 1.54) is 6.92 Å². The van der Waals surface area contributed by atoms with Crippen LogP contribution >= 0.6 is 0 Å². The molecule has 1 heterocycles. The van der Waals surface area contributed by atoms with E-state index in [0.717, 1.165) is 12.0 Å². The molecule has 15 heavy (non-hydrogen) atoms. The molecule has 0 N–H and O–H groups in total. The number of ketones is 1. The molecule has 0 aliphatic carbocycles. The van der Waals surface area contributed by atoms with Crippen LogP contribution in [0.2, 0.25) is 0 Å². The lowest BCUT2D eigenvalue weighted by Crippen LogP contribution is -2.02. The summed E-state index contributed by atoms with van der Waals surface area (Å²) in [5, 5.41) is 0. The highest BCUT2D eigenvalue weighted by molar-refractivity contribution is 5.95. The highest BCUT2D eigenvalue weighted by atomic mass is 16.5. The zero-order chi connectivity index (χ0) is 11.1. The molecule has 80 valence electrons. The Balaban J connectivity index is 2.79. The van der Waals surface area contributed by atoms with Gasteiger partial charge in [-0.2, -0.15) is 0 Å². The zero-order valence-electron chi connectivity index (χ0n) is 9.06. The Labute approximate surface area is 89.8 Å². The second-order valence-electron chi connectivity index (χ2n) is 3.19. The lowest BCUT2D eigenvalue weighted by atomic mass is 10.2. The van der Waals surface area contributed by atoms with Crippen LogP contribution in [0.3, 0.4) is 0 Å². The van der Waals surface area contributed by atoms with Crippen molar-refractivity contribution in [1.82, 2.24) is 4.98 Å². The van der Waals surface area contributed by atoms with E-state index in [9.17, 15) is 4.79 Å². The first-order valence-corrected chi connectivity index (χ1v) is 4.99. The van der Waals surface area contributed by atoms with E-state index in [2.05, 4.69) is 4.98 Å². The zero-order valence-corrected chi connectivity index (χ0v) is 9.06. The van der Waals surface area contributed by atoms with Crippen LogP contribution in [0, 0.1) is 0 Å². The SMILES string of the molecule is CCCOC(=Cc1ccncc1)C(C)=O. The molecule has 0 aliphatic rings. The maximum Gasteiger partial charge on any atom is 0.194 e. The molecule has 0 atom stereocenters. The number of hydrogen-bond acceptors (Lipinski definition) is 3. The number of pyridine rings is 1. The van der Waals surface area contributed by atoms with Gasteiger partial charge >= 0.3 is 0 Å². The third kappa shape index (κ3) is 3.94. The molecule has 1 aromatic heterocycles. The number of nitrogens with zero attached hydrogens (tertiary/aromatic N) is 1. The molecule has 3 heteroatoms. The number of aromatic nitrogens is 1. The van der Waals surface area contributed by atoms with Crippen molar-refractivity contribution in [1.29, 1.82) is 0 Å². The maximum atomic E-state index is 11.2. The third-order valence-corrected chi connectivity index (χ3v) is 1.81. The summed E-state index contributed by atoms with van der Waals surface area (Å²) in [6.45, 7) is 4.07. The first-order valence-electron chi connectivity index (χ1n) is 4.99. The Morgan fingerprint density at radius 2 is 2.13 bits per heavy atom. The second kappa shape index (κ2) is 5.96. The Kier molecular flexibility index (Phi) is 4.54. The van der Waals surface area contributed by atoms with Crippen LogP contribution in [-0.4, -0.2) is 17.4 Å². The van der Waals surface area contributed by atoms with Crippen LogP contribution in [0.25, 0.3) is 6.08 Å². The molecule has 0 unspecified atom stereocenters. The van der Waals surface area contributed by atoms with Crippen molar-refractivity contribution in [3.05, 3.63) is 35.8 Å². The summed E-state index contributed by atoms with van der Waals surface area (Å²) < 4.78 is 5.35. The third-order valence-electron chi connectivity index (χ3n) is 1.81. The first-order chi connectivity index (χ1) is 7.24. The van der Waals surface area contributed by atoms with Gasteiger partial charge in [0, 0.05) is 19.3 Å². The van der Waals surface area contributed by atoms with Crippen molar-refractivity contribution in [2.75, 3.05) is 6.61 Å². The average molecular weight is 205 g/mol. The fourth-order valence-corrected chi connectivity index (χ4v) is 1.07. The lowest BCUT2D eigenvalue weighted by Gasteiger charge is -2.05. The van der Waals surface area contributed by atoms with E-state index in [-0.39, 0.29) is 5.78 Å². The van der Waals surface area contributed by atoms with Gasteiger partial charge in [-0.3, -0.25) is 9.78 Å². The van der Waals surface area contributed by atoms with Gasteiger partial charge in [0.05, 0.1) is 6.61 Å². The summed E-state index contributed by atoms with van der Waals surface area (Å²) in [5.74, 6) is 0.350. The molecule has 1 aromatic rings. The van der Waals surface area contributed by atoms with Crippen molar-refractivity contribution in [3.63, 3.8) is 0 Å². The fraction of sp³-hybridized carbons (Fsp3) is 0.333. The van der Waals surface area contributed by atoms with Crippen molar-refractivity contribution < 1.29 is 9.53 Å². The molecule has 0 saturated carbocycles. The number of carbonyl (C=O) groups is 1. The molecule has 3 nitrogen and oxygen atoms in total. The Bertz CT molecular complexity index is 344. The van der Waals surface area contributed by atoms with Crippen LogP contribution < -0.4 is 0 Å². The number of ether oxygens (including phenoxy) is 1. The monoisotopic (exact) mass is 205 g/mol. The van der Waals surface area contributed by atoms with Crippen molar-refractivity contribution >= 4 is 11.9 Å². The minimum atomic E-state index is -0.0553. The van der Waals surface area contributed by atoms with Gasteiger partial charge in [-0.1, -0.05) is 6.92 Å². The Morgan fingerprint density at radius 3 is 2.67 bits per heavy atom. The molecular formula is C12H15NO2. The largest absolute Gasteiger partial charge is 0.490 e. The van der Waals surface area contributed by atoms with Gasteiger partial charge in [0.1, 0.15) is 0 Å². The summed E-state index contributed by atoms with van der Waals surface area (Å²) in [4.78, 5) is 15.1. The van der Waals surface area contributed by atoms with Crippen LogP contribution in [0.1, 0.15) is 25.8 Å². The fourth-order valence-electron chi connectivity index (χ4n) is 1.07. The molecule has 0 aliphatic heterocycles. The maximum absolute atomic E-state index is 11.2. The molecule has 1 rings (SSSR count). The van der Waals surface area contributed by atoms with Crippen LogP contribution in [-0.2, 0) is 9.53 Å². The molecule has 0 spiro atoms. The van der Waals surface area contributed by atoms with E-state index >= 15 is 0 Å². The number of rotatable bonds is 5. The molecule has 0 amide bonds. The van der Waals surface area contributed by atoms with Crippen LogP contribution in [0.4, 0.5) is 0 Å². The summed E-state index contributed by atoms with van der Waals surface area (Å²) in [6, 6.07) is 3.66. The van der Waals surface area contributed by atoms with Crippen LogP contribution in [0.15, 0.2) is 30.3 Å². The Hall–Kier alpha value is -1.64. The van der Waals surface area contributed by atoms with Gasteiger partial charge in [0.15, 0.2) is 11.5 Å². The summed E-state index contributed by atoms with van der Waals surface area (Å²) in [5.41, 5.74) is 0.923. The van der Waals surface area contributed by atoms with Crippen LogP contribution in [0.5, 0.6) is 0 Å². The smallest absolute Gasteiger partial charge is 0.194 e. The predicted octanol–water partition coefficient (Wildman–Crippen LogP) is 2.44. The summed E-state index contributed by atoms with van der Waals surface area (Å²) in [6.07, 6.45) is 5.99. The highest BCUT2D eigenvalue weighted by Gasteiger charge is 2.04. The predicted molar refractivity (Wildman–Crippen MR) is 59.1 cm³/mol. The molecule has 0 saturated heterocycles. The van der Waals surface area contributed by atoms with Crippen molar-refractivity contribution in [2.45, 2.75) is 20.3 Å². The number of allylic oxidation sites excluding steroid dienone is 1. The van der Waals surface area contributed by atoms with Gasteiger partial charge in [-0.05, 0) is 30.2 Å². The van der Waals surface area contributed by atoms with E-state index in [0.29, 0.717) is 12.4 Å². The topological polar surface area (TPSA) is 39.2 Å².